The zero-order valence-electron chi connectivity index (χ0n) is 17.3. The van der Waals surface area contributed by atoms with Crippen LogP contribution < -0.4 is 5.32 Å². The van der Waals surface area contributed by atoms with E-state index >= 15 is 0 Å². The Labute approximate surface area is 166 Å². The van der Waals surface area contributed by atoms with Crippen molar-refractivity contribution in [3.8, 4) is 0 Å². The Balaban J connectivity index is 1.86. The number of hydrogen-bond acceptors (Lipinski definition) is 3. The Bertz CT molecular complexity index is 496. The van der Waals surface area contributed by atoms with Crippen molar-refractivity contribution in [2.24, 2.45) is 0 Å². The monoisotopic (exact) mass is 373 g/mol. The number of Topliss-reactive ketones (excluding diaryl/α,β-unsaturated/α-hetero) is 1. The van der Waals surface area contributed by atoms with E-state index in [9.17, 15) is 9.59 Å². The van der Waals surface area contributed by atoms with Crippen molar-refractivity contribution in [3.05, 3.63) is 29.8 Å². The van der Waals surface area contributed by atoms with E-state index in [0.717, 1.165) is 12.2 Å². The highest BCUT2D eigenvalue weighted by Gasteiger charge is 2.02. The summed E-state index contributed by atoms with van der Waals surface area (Å²) in [6, 6.07) is 7.12. The molecule has 1 aromatic carbocycles. The smallest absolute Gasteiger partial charge is 0.225 e. The zero-order chi connectivity index (χ0) is 19.6. The molecule has 0 aromatic heterocycles. The van der Waals surface area contributed by atoms with Gasteiger partial charge in [-0.1, -0.05) is 90.4 Å². The van der Waals surface area contributed by atoms with Gasteiger partial charge in [-0.2, -0.15) is 0 Å². The summed E-state index contributed by atoms with van der Waals surface area (Å²) in [5, 5.41) is 3.37. The first-order valence-electron chi connectivity index (χ1n) is 11.1. The second-order valence-corrected chi connectivity index (χ2v) is 7.58. The number of rotatable bonds is 18. The van der Waals surface area contributed by atoms with E-state index in [1.807, 2.05) is 12.1 Å². The van der Waals surface area contributed by atoms with Crippen molar-refractivity contribution in [3.63, 3.8) is 0 Å². The van der Waals surface area contributed by atoms with E-state index < -0.39 is 5.78 Å². The largest absolute Gasteiger partial charge is 0.385 e. The lowest BCUT2D eigenvalue weighted by molar-refractivity contribution is -0.104. The summed E-state index contributed by atoms with van der Waals surface area (Å²) in [4.78, 5) is 21.7. The molecule has 0 amide bonds. The number of nitrogens with one attached hydrogen (secondary N) is 1. The lowest BCUT2D eigenvalue weighted by Gasteiger charge is -2.07. The van der Waals surface area contributed by atoms with Crippen LogP contribution in [-0.4, -0.2) is 18.6 Å². The Morgan fingerprint density at radius 2 is 1.19 bits per heavy atom. The molecule has 27 heavy (non-hydrogen) atoms. The molecule has 0 spiro atoms. The maximum Gasteiger partial charge on any atom is 0.225 e. The third-order valence-corrected chi connectivity index (χ3v) is 5.14. The first-order chi connectivity index (χ1) is 13.3. The maximum atomic E-state index is 11.2. The highest BCUT2D eigenvalue weighted by Crippen LogP contribution is 2.13. The number of carbonyl (C=O) groups excluding carboxylic acids is 2. The fourth-order valence-electron chi connectivity index (χ4n) is 3.37. The van der Waals surface area contributed by atoms with Crippen LogP contribution in [0.5, 0.6) is 0 Å². The molecule has 0 aliphatic rings. The Kier molecular flexibility index (Phi) is 14.3. The van der Waals surface area contributed by atoms with Crippen LogP contribution in [0.25, 0.3) is 0 Å². The van der Waals surface area contributed by atoms with E-state index in [-0.39, 0.29) is 0 Å². The Morgan fingerprint density at radius 1 is 0.741 bits per heavy atom. The summed E-state index contributed by atoms with van der Waals surface area (Å²) in [5.41, 5.74) is 1.46. The van der Waals surface area contributed by atoms with E-state index in [1.54, 1.807) is 12.1 Å². The molecule has 0 fully saturated rings. The number of carbonyl (C=O) groups is 2. The lowest BCUT2D eigenvalue weighted by Crippen LogP contribution is -2.03. The Hall–Kier alpha value is -1.64. The summed E-state index contributed by atoms with van der Waals surface area (Å²) in [5.74, 6) is -0.464. The van der Waals surface area contributed by atoms with Gasteiger partial charge in [0.15, 0.2) is 6.29 Å². The summed E-state index contributed by atoms with van der Waals surface area (Å²) >= 11 is 0. The standard InChI is InChI=1S/C24H39NO2/c1-2-3-4-5-6-7-8-9-10-11-12-13-14-15-20-25-23-18-16-22(17-19-23)24(27)21-26/h16-19,21,25H,2-15,20H2,1H3. The molecule has 0 aliphatic heterocycles. The van der Waals surface area contributed by atoms with Gasteiger partial charge in [0, 0.05) is 17.8 Å². The van der Waals surface area contributed by atoms with Crippen molar-refractivity contribution in [1.29, 1.82) is 0 Å². The molecule has 152 valence electrons. The second kappa shape index (κ2) is 16.5. The van der Waals surface area contributed by atoms with Gasteiger partial charge < -0.3 is 5.32 Å². The van der Waals surface area contributed by atoms with E-state index in [0.29, 0.717) is 11.8 Å². The first kappa shape index (κ1) is 23.4. The topological polar surface area (TPSA) is 46.2 Å². The third kappa shape index (κ3) is 12.4. The molecule has 3 heteroatoms. The maximum absolute atomic E-state index is 11.2. The fraction of sp³-hybridized carbons (Fsp3) is 0.667. The molecule has 0 unspecified atom stereocenters. The molecule has 3 nitrogen and oxygen atoms in total. The molecule has 1 N–H and O–H groups in total. The van der Waals surface area contributed by atoms with Crippen LogP contribution in [0.2, 0.25) is 0 Å². The zero-order valence-corrected chi connectivity index (χ0v) is 17.3. The molecule has 0 aliphatic carbocycles. The van der Waals surface area contributed by atoms with Crippen molar-refractivity contribution in [1.82, 2.24) is 0 Å². The van der Waals surface area contributed by atoms with Gasteiger partial charge in [0.2, 0.25) is 5.78 Å². The number of unbranched alkanes of at least 4 members (excludes halogenated alkanes) is 13. The van der Waals surface area contributed by atoms with Crippen LogP contribution >= 0.6 is 0 Å². The predicted octanol–water partition coefficient (Wildman–Crippen LogP) is 6.96. The number of anilines is 1. The number of benzene rings is 1. The van der Waals surface area contributed by atoms with Crippen molar-refractivity contribution in [2.75, 3.05) is 11.9 Å². The normalized spacial score (nSPS) is 10.7. The Morgan fingerprint density at radius 3 is 1.63 bits per heavy atom. The van der Waals surface area contributed by atoms with Gasteiger partial charge >= 0.3 is 0 Å². The first-order valence-corrected chi connectivity index (χ1v) is 11.1. The van der Waals surface area contributed by atoms with Crippen LogP contribution in [0.4, 0.5) is 5.69 Å². The highest BCUT2D eigenvalue weighted by atomic mass is 16.2. The quantitative estimate of drug-likeness (QED) is 0.131. The molecule has 1 aromatic rings. The molecular formula is C24H39NO2. The molecular weight excluding hydrogens is 334 g/mol. The van der Waals surface area contributed by atoms with Crippen LogP contribution in [0, 0.1) is 0 Å². The van der Waals surface area contributed by atoms with Gasteiger partial charge in [-0.3, -0.25) is 9.59 Å². The lowest BCUT2D eigenvalue weighted by atomic mass is 10.0. The number of aldehydes is 1. The summed E-state index contributed by atoms with van der Waals surface area (Å²) in [7, 11) is 0. The highest BCUT2D eigenvalue weighted by molar-refractivity contribution is 6.33. The second-order valence-electron chi connectivity index (χ2n) is 7.58. The minimum Gasteiger partial charge on any atom is -0.385 e. The summed E-state index contributed by atoms with van der Waals surface area (Å²) in [6.45, 7) is 3.23. The average molecular weight is 374 g/mol. The summed E-state index contributed by atoms with van der Waals surface area (Å²) < 4.78 is 0. The molecule has 0 radical (unpaired) electrons. The van der Waals surface area contributed by atoms with Gasteiger partial charge in [0.05, 0.1) is 0 Å². The molecule has 0 saturated heterocycles. The average Bonchev–Trinajstić information content (AvgIpc) is 2.70. The predicted molar refractivity (Wildman–Crippen MR) is 116 cm³/mol. The van der Waals surface area contributed by atoms with E-state index in [2.05, 4.69) is 12.2 Å². The van der Waals surface area contributed by atoms with Crippen molar-refractivity contribution >= 4 is 17.8 Å². The number of ketones is 1. The SMILES string of the molecule is CCCCCCCCCCCCCCCCNc1ccc(C(=O)C=O)cc1. The minimum absolute atomic E-state index is 0.358. The van der Waals surface area contributed by atoms with E-state index in [4.69, 9.17) is 0 Å². The molecule has 1 rings (SSSR count). The molecule has 0 heterocycles. The molecule has 0 saturated carbocycles. The van der Waals surface area contributed by atoms with Gasteiger partial charge in [-0.05, 0) is 30.7 Å². The summed E-state index contributed by atoms with van der Waals surface area (Å²) in [6.07, 6.45) is 19.6. The van der Waals surface area contributed by atoms with Crippen LogP contribution in [0.15, 0.2) is 24.3 Å². The fourth-order valence-corrected chi connectivity index (χ4v) is 3.37. The van der Waals surface area contributed by atoms with Crippen LogP contribution in [-0.2, 0) is 4.79 Å². The van der Waals surface area contributed by atoms with Gasteiger partial charge in [0.25, 0.3) is 0 Å². The van der Waals surface area contributed by atoms with Crippen molar-refractivity contribution < 1.29 is 9.59 Å². The number of hydrogen-bond donors (Lipinski definition) is 1. The minimum atomic E-state index is -0.464. The van der Waals surface area contributed by atoms with E-state index in [1.165, 1.54) is 89.9 Å². The van der Waals surface area contributed by atoms with Gasteiger partial charge in [-0.25, -0.2) is 0 Å². The van der Waals surface area contributed by atoms with Gasteiger partial charge in [0.1, 0.15) is 0 Å². The van der Waals surface area contributed by atoms with Gasteiger partial charge in [-0.15, -0.1) is 0 Å². The van der Waals surface area contributed by atoms with Crippen LogP contribution in [0.3, 0.4) is 0 Å². The van der Waals surface area contributed by atoms with Crippen LogP contribution in [0.1, 0.15) is 107 Å². The molecule has 0 bridgehead atoms. The molecule has 0 atom stereocenters. The third-order valence-electron chi connectivity index (χ3n) is 5.14. The van der Waals surface area contributed by atoms with Crippen molar-refractivity contribution in [2.45, 2.75) is 96.8 Å².